The fourth-order valence-corrected chi connectivity index (χ4v) is 8.38. The lowest BCUT2D eigenvalue weighted by atomic mass is 9.83. The van der Waals surface area contributed by atoms with Crippen molar-refractivity contribution in [1.29, 1.82) is 0 Å². The number of hydrogen-bond donors (Lipinski definition) is 0. The van der Waals surface area contributed by atoms with E-state index in [1.807, 2.05) is 4.90 Å². The number of hydrogen-bond acceptors (Lipinski definition) is 4. The van der Waals surface area contributed by atoms with Crippen LogP contribution in [-0.4, -0.2) is 47.8 Å². The summed E-state index contributed by atoms with van der Waals surface area (Å²) < 4.78 is 8.57. The molecule has 0 spiro atoms. The zero-order valence-corrected chi connectivity index (χ0v) is 24.5. The summed E-state index contributed by atoms with van der Waals surface area (Å²) in [5.74, 6) is 0.506. The van der Waals surface area contributed by atoms with Crippen molar-refractivity contribution in [2.24, 2.45) is 5.92 Å². The first-order valence-corrected chi connectivity index (χ1v) is 15.5. The molecule has 1 aromatic carbocycles. The number of thiophene rings is 2. The van der Waals surface area contributed by atoms with E-state index in [0.717, 1.165) is 21.9 Å². The van der Waals surface area contributed by atoms with Gasteiger partial charge in [-0.2, -0.15) is 0 Å². The Labute approximate surface area is 231 Å². The predicted octanol–water partition coefficient (Wildman–Crippen LogP) is 7.57. The van der Waals surface area contributed by atoms with Crippen LogP contribution in [0.25, 0.3) is 0 Å². The van der Waals surface area contributed by atoms with Crippen LogP contribution in [0.1, 0.15) is 45.0 Å². The largest absolute Gasteiger partial charge is 0.440 e. The lowest BCUT2D eigenvalue weighted by Crippen LogP contribution is -2.65. The van der Waals surface area contributed by atoms with Gasteiger partial charge in [-0.25, -0.2) is 4.79 Å². The van der Waals surface area contributed by atoms with Gasteiger partial charge in [0.15, 0.2) is 6.10 Å². The lowest BCUT2D eigenvalue weighted by molar-refractivity contribution is -0.946. The summed E-state index contributed by atoms with van der Waals surface area (Å²) in [5, 5.41) is 2.11. The number of benzene rings is 1. The van der Waals surface area contributed by atoms with Gasteiger partial charge >= 0.3 is 6.09 Å². The van der Waals surface area contributed by atoms with E-state index in [2.05, 4.69) is 77.6 Å². The molecule has 0 radical (unpaired) electrons. The third-order valence-corrected chi connectivity index (χ3v) is 11.2. The molecule has 36 heavy (non-hydrogen) atoms. The minimum Gasteiger partial charge on any atom is -0.440 e. The van der Waals surface area contributed by atoms with E-state index in [1.54, 1.807) is 22.7 Å². The Bertz CT molecular complexity index is 1150. The highest BCUT2D eigenvalue weighted by Crippen LogP contribution is 2.37. The molecule has 2 bridgehead atoms. The van der Waals surface area contributed by atoms with Crippen molar-refractivity contribution in [3.63, 3.8) is 0 Å². The van der Waals surface area contributed by atoms with E-state index in [-0.39, 0.29) is 12.2 Å². The monoisotopic (exact) mass is 587 g/mol. The predicted molar refractivity (Wildman–Crippen MR) is 153 cm³/mol. The van der Waals surface area contributed by atoms with Crippen molar-refractivity contribution in [2.75, 3.05) is 26.2 Å². The van der Waals surface area contributed by atoms with Crippen LogP contribution in [0.4, 0.5) is 4.79 Å². The number of quaternary nitrogens is 1. The molecule has 0 N–H and O–H groups in total. The Morgan fingerprint density at radius 1 is 1.14 bits per heavy atom. The maximum atomic E-state index is 13.6. The van der Waals surface area contributed by atoms with Crippen molar-refractivity contribution in [3.8, 4) is 0 Å². The smallest absolute Gasteiger partial charge is 0.410 e. The molecule has 0 unspecified atom stereocenters. The number of rotatable bonds is 9. The standard InChI is InChI=1S/C29H36BrN2O2S2/c1-21-12-16-35-28(21)19-31(18-25-17-26(30)22(2)36-25)29(33)34-27-20-32(14-10-24(27)11-15-32)13-6-9-23-7-4-3-5-8-23/h3-5,7-8,12,16-17,24,27H,6,9-11,13-15,18-20H2,1-2H3/q+1/t24?,27-,32?/m1/s1. The van der Waals surface area contributed by atoms with Crippen LogP contribution < -0.4 is 0 Å². The van der Waals surface area contributed by atoms with E-state index < -0.39 is 0 Å². The van der Waals surface area contributed by atoms with Gasteiger partial charge in [-0.15, -0.1) is 22.7 Å². The first-order valence-electron chi connectivity index (χ1n) is 13.0. The molecule has 3 fully saturated rings. The van der Waals surface area contributed by atoms with Crippen molar-refractivity contribution >= 4 is 44.7 Å². The highest BCUT2D eigenvalue weighted by molar-refractivity contribution is 9.10. The molecule has 3 aromatic rings. The highest BCUT2D eigenvalue weighted by Gasteiger charge is 2.47. The van der Waals surface area contributed by atoms with Crippen molar-refractivity contribution in [2.45, 2.75) is 58.7 Å². The van der Waals surface area contributed by atoms with Gasteiger partial charge < -0.3 is 9.22 Å². The number of halogens is 1. The summed E-state index contributed by atoms with van der Waals surface area (Å²) in [4.78, 5) is 19.2. The molecule has 2 aromatic heterocycles. The summed E-state index contributed by atoms with van der Waals surface area (Å²) in [7, 11) is 0. The van der Waals surface area contributed by atoms with Gasteiger partial charge in [0.2, 0.25) is 0 Å². The highest BCUT2D eigenvalue weighted by atomic mass is 79.9. The zero-order chi connectivity index (χ0) is 25.1. The molecular formula is C29H36BrN2O2S2+. The van der Waals surface area contributed by atoms with Crippen molar-refractivity contribution < 1.29 is 14.0 Å². The number of nitrogens with zero attached hydrogens (tertiary/aromatic N) is 2. The van der Waals surface area contributed by atoms with E-state index in [0.29, 0.717) is 19.0 Å². The summed E-state index contributed by atoms with van der Waals surface area (Å²) in [6, 6.07) is 15.1. The fraction of sp³-hybridized carbons (Fsp3) is 0.483. The maximum absolute atomic E-state index is 13.6. The molecule has 4 nitrogen and oxygen atoms in total. The first kappa shape index (κ1) is 26.0. The van der Waals surface area contributed by atoms with Crippen LogP contribution in [-0.2, 0) is 24.2 Å². The molecule has 3 aliphatic rings. The molecule has 3 saturated heterocycles. The first-order chi connectivity index (χ1) is 17.4. The third kappa shape index (κ3) is 6.07. The van der Waals surface area contributed by atoms with Gasteiger partial charge in [-0.05, 0) is 64.8 Å². The zero-order valence-electron chi connectivity index (χ0n) is 21.2. The number of amides is 1. The molecule has 6 rings (SSSR count). The number of carbonyl (C=O) groups excluding carboxylic acids is 1. The molecular weight excluding hydrogens is 552 g/mol. The van der Waals surface area contributed by atoms with Gasteiger partial charge in [0, 0.05) is 44.3 Å². The minimum absolute atomic E-state index is 0.0282. The molecule has 3 aliphatic heterocycles. The minimum atomic E-state index is -0.161. The number of fused-ring (bicyclic) bond motifs is 3. The molecule has 192 valence electrons. The number of aryl methyl sites for hydroxylation is 3. The second-order valence-corrected chi connectivity index (χ2v) is 13.7. The number of carbonyl (C=O) groups is 1. The van der Waals surface area contributed by atoms with Gasteiger partial charge in [0.05, 0.1) is 32.7 Å². The number of ether oxygens (including phenoxy) is 1. The lowest BCUT2D eigenvalue weighted by Gasteiger charge is -2.52. The van der Waals surface area contributed by atoms with Crippen LogP contribution in [0.2, 0.25) is 0 Å². The topological polar surface area (TPSA) is 29.5 Å². The summed E-state index contributed by atoms with van der Waals surface area (Å²) in [6.45, 7) is 10.0. The molecule has 5 heterocycles. The van der Waals surface area contributed by atoms with Crippen LogP contribution in [0.5, 0.6) is 0 Å². The second kappa shape index (κ2) is 11.4. The van der Waals surface area contributed by atoms with Crippen molar-refractivity contribution in [1.82, 2.24) is 4.90 Å². The summed E-state index contributed by atoms with van der Waals surface area (Å²) >= 11 is 7.10. The van der Waals surface area contributed by atoms with Gasteiger partial charge in [-0.3, -0.25) is 4.90 Å². The summed E-state index contributed by atoms with van der Waals surface area (Å²) in [6.07, 6.45) is 4.52. The van der Waals surface area contributed by atoms with Crippen LogP contribution in [0.3, 0.4) is 0 Å². The van der Waals surface area contributed by atoms with Gasteiger partial charge in [0.1, 0.15) is 6.54 Å². The quantitative estimate of drug-likeness (QED) is 0.241. The molecule has 7 heteroatoms. The van der Waals surface area contributed by atoms with Crippen LogP contribution in [0.15, 0.2) is 52.3 Å². The SMILES string of the molecule is Cc1ccsc1CN(Cc1cc(Br)c(C)s1)C(=O)O[C@@H]1C[N+]2(CCCc3ccccc3)CCC1CC2. The van der Waals surface area contributed by atoms with Gasteiger partial charge in [0.25, 0.3) is 0 Å². The molecule has 1 atom stereocenters. The van der Waals surface area contributed by atoms with E-state index in [4.69, 9.17) is 4.74 Å². The molecule has 0 aliphatic carbocycles. The normalized spacial score (nSPS) is 23.1. The van der Waals surface area contributed by atoms with Crippen LogP contribution >= 0.6 is 38.6 Å². The summed E-state index contributed by atoms with van der Waals surface area (Å²) in [5.41, 5.74) is 2.66. The Hall–Kier alpha value is -1.67. The van der Waals surface area contributed by atoms with E-state index >= 15 is 0 Å². The molecule has 1 amide bonds. The number of piperidine rings is 3. The fourth-order valence-electron chi connectivity index (χ4n) is 5.84. The average molecular weight is 589 g/mol. The Balaban J connectivity index is 1.24. The maximum Gasteiger partial charge on any atom is 0.410 e. The Morgan fingerprint density at radius 3 is 2.58 bits per heavy atom. The van der Waals surface area contributed by atoms with E-state index in [9.17, 15) is 4.79 Å². The van der Waals surface area contributed by atoms with Gasteiger partial charge in [-0.1, -0.05) is 30.3 Å². The Morgan fingerprint density at radius 2 is 1.92 bits per heavy atom. The Kier molecular flexibility index (Phi) is 8.21. The average Bonchev–Trinajstić information content (AvgIpc) is 3.43. The third-order valence-electron chi connectivity index (χ3n) is 8.05. The molecule has 0 saturated carbocycles. The second-order valence-electron chi connectivity index (χ2n) is 10.5. The van der Waals surface area contributed by atoms with Crippen molar-refractivity contribution in [3.05, 3.63) is 78.1 Å². The van der Waals surface area contributed by atoms with E-state index in [1.165, 1.54) is 64.7 Å². The van der Waals surface area contributed by atoms with Crippen LogP contribution in [0, 0.1) is 19.8 Å².